The molecule has 0 saturated carbocycles. The van der Waals surface area contributed by atoms with Crippen LogP contribution in [0.5, 0.6) is 0 Å². The summed E-state index contributed by atoms with van der Waals surface area (Å²) in [5.74, 6) is 0. The number of rotatable bonds is 2. The van der Waals surface area contributed by atoms with Gasteiger partial charge in [-0.15, -0.1) is 0 Å². The van der Waals surface area contributed by atoms with Crippen LogP contribution in [0.25, 0.3) is 0 Å². The second-order valence-corrected chi connectivity index (χ2v) is 3.43. The van der Waals surface area contributed by atoms with Crippen LogP contribution in [-0.4, -0.2) is 11.8 Å². The van der Waals surface area contributed by atoms with Crippen molar-refractivity contribution in [3.05, 3.63) is 0 Å². The molecule has 3 nitrogen and oxygen atoms in total. The first-order valence-corrected chi connectivity index (χ1v) is 3.70. The molecule has 0 rings (SSSR count). The average molecular weight is 183 g/mol. The molecule has 0 aromatic heterocycles. The highest BCUT2D eigenvalue weighted by molar-refractivity contribution is 8.25. The van der Waals surface area contributed by atoms with Gasteiger partial charge in [0.2, 0.25) is 0 Å². The Balaban J connectivity index is 4.10. The molecule has 0 N–H and O–H groups in total. The minimum Gasteiger partial charge on any atom is -0.691 e. The van der Waals surface area contributed by atoms with Crippen LogP contribution in [0.15, 0.2) is 0 Å². The van der Waals surface area contributed by atoms with Crippen LogP contribution >= 0.6 is 10.7 Å². The van der Waals surface area contributed by atoms with E-state index in [1.54, 1.807) is 0 Å². The second kappa shape index (κ2) is 2.91. The molecule has 0 fully saturated rings. The third-order valence-electron chi connectivity index (χ3n) is 0.569. The van der Waals surface area contributed by atoms with Crippen molar-refractivity contribution in [2.24, 2.45) is 0 Å². The van der Waals surface area contributed by atoms with Gasteiger partial charge in [-0.1, -0.05) is 0 Å². The van der Waals surface area contributed by atoms with Gasteiger partial charge in [0.1, 0.15) is 10.7 Å². The number of halogens is 4. The second-order valence-electron chi connectivity index (χ2n) is 1.33. The zero-order valence-corrected chi connectivity index (χ0v) is 5.46. The van der Waals surface area contributed by atoms with E-state index in [-0.39, 0.29) is 6.26 Å². The van der Waals surface area contributed by atoms with Gasteiger partial charge in [-0.25, -0.2) is 0 Å². The van der Waals surface area contributed by atoms with E-state index >= 15 is 0 Å². The van der Waals surface area contributed by atoms with Crippen LogP contribution < -0.4 is 5.26 Å². The van der Waals surface area contributed by atoms with Crippen molar-refractivity contribution in [3.8, 4) is 0 Å². The molecule has 8 heteroatoms. The molecule has 1 unspecified atom stereocenters. The molecular weight excluding hydrogens is 180 g/mol. The smallest absolute Gasteiger partial charge is 0.476 e. The molecule has 0 saturated heterocycles. The zero-order valence-electron chi connectivity index (χ0n) is 4.64. The van der Waals surface area contributed by atoms with Crippen LogP contribution in [-0.2, 0) is 9.37 Å². The lowest BCUT2D eigenvalue weighted by atomic mass is 11.6. The summed E-state index contributed by atoms with van der Waals surface area (Å²) in [6, 6.07) is 0. The lowest BCUT2D eigenvalue weighted by Crippen LogP contribution is -2.20. The van der Waals surface area contributed by atoms with Crippen molar-refractivity contribution < 1.29 is 31.7 Å². The third kappa shape index (κ3) is 2.29. The summed E-state index contributed by atoms with van der Waals surface area (Å²) in [5.41, 5.74) is -5.18. The maximum Gasteiger partial charge on any atom is 0.476 e. The van der Waals surface area contributed by atoms with Crippen LogP contribution in [0.3, 0.4) is 0 Å². The molecule has 0 aliphatic carbocycles. The Kier molecular flexibility index (Phi) is 2.89. The fraction of sp³-hybridized carbons (Fsp3) is 1.00. The fourth-order valence-corrected chi connectivity index (χ4v) is 0.272. The van der Waals surface area contributed by atoms with Gasteiger partial charge in [-0.2, -0.15) is 21.4 Å². The molecule has 64 valence electrons. The van der Waals surface area contributed by atoms with Crippen molar-refractivity contribution in [2.75, 3.05) is 6.26 Å². The van der Waals surface area contributed by atoms with Crippen molar-refractivity contribution >= 4 is 10.7 Å². The molecule has 10 heavy (non-hydrogen) atoms. The number of hydrogen-bond acceptors (Lipinski definition) is 3. The van der Waals surface area contributed by atoms with E-state index < -0.39 is 16.2 Å². The van der Waals surface area contributed by atoms with E-state index in [1.165, 1.54) is 0 Å². The van der Waals surface area contributed by atoms with Gasteiger partial charge in [-0.3, -0.25) is 5.04 Å². The maximum atomic E-state index is 12.0. The summed E-state index contributed by atoms with van der Waals surface area (Å²) in [7, 11) is -4.88. The minimum atomic E-state index is -5.18. The standard InChI is InChI=1S/C2H4F4O3S/c1-10(6,9-8-7)2(3,4)5/h7H,1H3/p-1. The van der Waals surface area contributed by atoms with E-state index in [0.29, 0.717) is 0 Å². The molecule has 1 atom stereocenters. The fourth-order valence-electron chi connectivity index (χ4n) is 0.0907. The third-order valence-corrected chi connectivity index (χ3v) is 1.71. The number of hydrogen-bond donors (Lipinski definition) is 0. The Bertz CT molecular complexity index is 112. The van der Waals surface area contributed by atoms with E-state index in [1.807, 2.05) is 0 Å². The SMILES string of the molecule is CS(F)(OO[O-])C(F)(F)F. The van der Waals surface area contributed by atoms with E-state index in [9.17, 15) is 17.1 Å². The first-order chi connectivity index (χ1) is 4.31. The zero-order chi connectivity index (χ0) is 8.41. The molecule has 0 aromatic carbocycles. The van der Waals surface area contributed by atoms with Crippen molar-refractivity contribution in [2.45, 2.75) is 5.51 Å². The lowest BCUT2D eigenvalue weighted by Gasteiger charge is -2.26. The molecular formula is C2H3F4O3S-. The van der Waals surface area contributed by atoms with Gasteiger partial charge in [0.15, 0.2) is 0 Å². The highest BCUT2D eigenvalue weighted by Crippen LogP contribution is 2.61. The Labute approximate surface area is 55.2 Å². The van der Waals surface area contributed by atoms with E-state index in [4.69, 9.17) is 5.26 Å². The van der Waals surface area contributed by atoms with Crippen molar-refractivity contribution in [1.29, 1.82) is 0 Å². The molecule has 0 heterocycles. The summed E-state index contributed by atoms with van der Waals surface area (Å²) < 4.78 is 48.9. The summed E-state index contributed by atoms with van der Waals surface area (Å²) in [4.78, 5) is 0. The van der Waals surface area contributed by atoms with E-state index in [0.717, 1.165) is 0 Å². The Hall–Kier alpha value is -0.0500. The molecule has 0 radical (unpaired) electrons. The molecule has 0 spiro atoms. The quantitative estimate of drug-likeness (QED) is 0.363. The molecule has 0 bridgehead atoms. The summed E-state index contributed by atoms with van der Waals surface area (Å²) >= 11 is 0. The molecule has 0 aliphatic heterocycles. The topological polar surface area (TPSA) is 41.5 Å². The van der Waals surface area contributed by atoms with Crippen molar-refractivity contribution in [1.82, 2.24) is 0 Å². The largest absolute Gasteiger partial charge is 0.691 e. The normalized spacial score (nSPS) is 21.8. The summed E-state index contributed by atoms with van der Waals surface area (Å²) in [6.45, 7) is 0. The van der Waals surface area contributed by atoms with Gasteiger partial charge in [-0.05, 0) is 0 Å². The first kappa shape index (κ1) is 9.95. The first-order valence-electron chi connectivity index (χ1n) is 1.83. The summed E-state index contributed by atoms with van der Waals surface area (Å²) in [5, 5.41) is 11.3. The maximum absolute atomic E-state index is 12.0. The Morgan fingerprint density at radius 2 is 1.80 bits per heavy atom. The highest BCUT2D eigenvalue weighted by atomic mass is 32.3. The van der Waals surface area contributed by atoms with Gasteiger partial charge in [0.25, 0.3) is 0 Å². The van der Waals surface area contributed by atoms with Gasteiger partial charge in [0, 0.05) is 6.26 Å². The van der Waals surface area contributed by atoms with Crippen LogP contribution in [0.2, 0.25) is 0 Å². The van der Waals surface area contributed by atoms with Crippen LogP contribution in [0.4, 0.5) is 17.1 Å². The Morgan fingerprint density at radius 1 is 1.40 bits per heavy atom. The van der Waals surface area contributed by atoms with Gasteiger partial charge >= 0.3 is 5.51 Å². The molecule has 0 amide bonds. The predicted octanol–water partition coefficient (Wildman–Crippen LogP) is 0.964. The van der Waals surface area contributed by atoms with Crippen molar-refractivity contribution in [3.63, 3.8) is 0 Å². The van der Waals surface area contributed by atoms with E-state index in [2.05, 4.69) is 9.37 Å². The minimum absolute atomic E-state index is 0.102. The molecule has 0 aromatic rings. The van der Waals surface area contributed by atoms with Gasteiger partial charge < -0.3 is 5.26 Å². The summed E-state index contributed by atoms with van der Waals surface area (Å²) in [6.07, 6.45) is 0.102. The molecule has 0 aliphatic rings. The monoisotopic (exact) mass is 183 g/mol. The van der Waals surface area contributed by atoms with Crippen LogP contribution in [0.1, 0.15) is 0 Å². The van der Waals surface area contributed by atoms with Gasteiger partial charge in [0.05, 0.1) is 0 Å². The number of alkyl halides is 3. The lowest BCUT2D eigenvalue weighted by molar-refractivity contribution is -0.779. The average Bonchev–Trinajstić information content (AvgIpc) is 1.61. The van der Waals surface area contributed by atoms with Crippen LogP contribution in [0, 0.1) is 0 Å². The predicted molar refractivity (Wildman–Crippen MR) is 22.8 cm³/mol. The highest BCUT2D eigenvalue weighted by Gasteiger charge is 2.50. The Morgan fingerprint density at radius 3 is 1.90 bits per heavy atom.